The molecule has 1 aliphatic rings. The molecule has 3 aromatic rings. The van der Waals surface area contributed by atoms with Gasteiger partial charge in [-0.15, -0.1) is 0 Å². The SMILES string of the molecule is CC.CC.O=C(NC1CCCCC1)c1ccc(CCC(=O)c2ccc(Cl)cc2Nc2ccccc2)cc1. The number of anilines is 2. The van der Waals surface area contributed by atoms with Gasteiger partial charge in [0.1, 0.15) is 0 Å². The molecule has 4 rings (SSSR count). The second-order valence-electron chi connectivity index (χ2n) is 8.61. The average Bonchev–Trinajstić information content (AvgIpc) is 2.95. The van der Waals surface area contributed by atoms with Crippen LogP contribution in [0.3, 0.4) is 0 Å². The largest absolute Gasteiger partial charge is 0.355 e. The summed E-state index contributed by atoms with van der Waals surface area (Å²) in [6.07, 6.45) is 6.76. The second kappa shape index (κ2) is 16.6. The van der Waals surface area contributed by atoms with E-state index in [4.69, 9.17) is 11.6 Å². The molecular formula is C32H41ClN2O2. The van der Waals surface area contributed by atoms with Crippen molar-refractivity contribution < 1.29 is 9.59 Å². The monoisotopic (exact) mass is 520 g/mol. The van der Waals surface area contributed by atoms with Crippen molar-refractivity contribution in [1.82, 2.24) is 5.32 Å². The topological polar surface area (TPSA) is 58.2 Å². The molecule has 1 saturated carbocycles. The fourth-order valence-corrected chi connectivity index (χ4v) is 4.44. The van der Waals surface area contributed by atoms with Crippen LogP contribution in [0.1, 0.15) is 92.5 Å². The molecule has 0 saturated heterocycles. The summed E-state index contributed by atoms with van der Waals surface area (Å²) < 4.78 is 0. The van der Waals surface area contributed by atoms with Gasteiger partial charge in [0.15, 0.2) is 5.78 Å². The van der Waals surface area contributed by atoms with E-state index < -0.39 is 0 Å². The quantitative estimate of drug-likeness (QED) is 0.291. The highest BCUT2D eigenvalue weighted by atomic mass is 35.5. The van der Waals surface area contributed by atoms with E-state index in [9.17, 15) is 9.59 Å². The molecule has 2 N–H and O–H groups in total. The molecule has 0 aliphatic heterocycles. The van der Waals surface area contributed by atoms with Gasteiger partial charge in [-0.25, -0.2) is 0 Å². The Morgan fingerprint density at radius 2 is 1.49 bits per heavy atom. The van der Waals surface area contributed by atoms with Crippen molar-refractivity contribution in [3.8, 4) is 0 Å². The maximum absolute atomic E-state index is 13.0. The fourth-order valence-electron chi connectivity index (χ4n) is 4.27. The summed E-state index contributed by atoms with van der Waals surface area (Å²) in [6, 6.07) is 22.9. The van der Waals surface area contributed by atoms with Gasteiger partial charge < -0.3 is 10.6 Å². The summed E-state index contributed by atoms with van der Waals surface area (Å²) in [5.41, 5.74) is 3.92. The van der Waals surface area contributed by atoms with E-state index in [1.54, 1.807) is 18.2 Å². The van der Waals surface area contributed by atoms with E-state index in [2.05, 4.69) is 10.6 Å². The number of aryl methyl sites for hydroxylation is 1. The molecular weight excluding hydrogens is 480 g/mol. The predicted octanol–water partition coefficient (Wildman–Crippen LogP) is 9.01. The van der Waals surface area contributed by atoms with Crippen LogP contribution >= 0.6 is 11.6 Å². The first kappa shape index (κ1) is 30.1. The van der Waals surface area contributed by atoms with Gasteiger partial charge >= 0.3 is 0 Å². The maximum atomic E-state index is 13.0. The molecule has 1 aliphatic carbocycles. The molecule has 4 nitrogen and oxygen atoms in total. The summed E-state index contributed by atoms with van der Waals surface area (Å²) in [4.78, 5) is 25.5. The van der Waals surface area contributed by atoms with Crippen LogP contribution in [0.15, 0.2) is 72.8 Å². The van der Waals surface area contributed by atoms with E-state index in [1.165, 1.54) is 19.3 Å². The van der Waals surface area contributed by atoms with Crippen LogP contribution in [0.2, 0.25) is 5.02 Å². The van der Waals surface area contributed by atoms with Gasteiger partial charge in [-0.3, -0.25) is 9.59 Å². The lowest BCUT2D eigenvalue weighted by Gasteiger charge is -2.22. The number of benzene rings is 3. The average molecular weight is 521 g/mol. The predicted molar refractivity (Wildman–Crippen MR) is 157 cm³/mol. The molecule has 0 spiro atoms. The molecule has 0 atom stereocenters. The number of para-hydroxylation sites is 1. The molecule has 0 heterocycles. The number of carbonyl (C=O) groups excluding carboxylic acids is 2. The second-order valence-corrected chi connectivity index (χ2v) is 9.05. The number of carbonyl (C=O) groups is 2. The van der Waals surface area contributed by atoms with Crippen LogP contribution < -0.4 is 10.6 Å². The molecule has 0 aromatic heterocycles. The zero-order valence-corrected chi connectivity index (χ0v) is 23.4. The summed E-state index contributed by atoms with van der Waals surface area (Å²) >= 11 is 6.18. The lowest BCUT2D eigenvalue weighted by Crippen LogP contribution is -2.36. The number of hydrogen-bond donors (Lipinski definition) is 2. The third-order valence-corrected chi connectivity index (χ3v) is 6.37. The van der Waals surface area contributed by atoms with Gasteiger partial charge in [-0.1, -0.05) is 88.9 Å². The van der Waals surface area contributed by atoms with Gasteiger partial charge in [0.25, 0.3) is 5.91 Å². The van der Waals surface area contributed by atoms with Crippen molar-refractivity contribution in [1.29, 1.82) is 0 Å². The highest BCUT2D eigenvalue weighted by Gasteiger charge is 2.17. The summed E-state index contributed by atoms with van der Waals surface area (Å²) in [5, 5.41) is 7.02. The number of nitrogens with one attached hydrogen (secondary N) is 2. The van der Waals surface area contributed by atoms with Crippen LogP contribution in [0.5, 0.6) is 0 Å². The molecule has 198 valence electrons. The molecule has 0 radical (unpaired) electrons. The van der Waals surface area contributed by atoms with Crippen LogP contribution in [-0.2, 0) is 6.42 Å². The number of ketones is 1. The minimum absolute atomic E-state index is 0.0117. The minimum Gasteiger partial charge on any atom is -0.355 e. The molecule has 1 amide bonds. The van der Waals surface area contributed by atoms with Crippen molar-refractivity contribution in [2.24, 2.45) is 0 Å². The van der Waals surface area contributed by atoms with Gasteiger partial charge in [0.2, 0.25) is 0 Å². The van der Waals surface area contributed by atoms with E-state index in [0.29, 0.717) is 40.7 Å². The first-order valence-electron chi connectivity index (χ1n) is 13.6. The Kier molecular flexibility index (Phi) is 13.5. The number of Topliss-reactive ketones (excluding diaryl/α,β-unsaturated/α-hetero) is 1. The van der Waals surface area contributed by atoms with Gasteiger partial charge in [-0.2, -0.15) is 0 Å². The lowest BCUT2D eigenvalue weighted by molar-refractivity contribution is 0.0926. The van der Waals surface area contributed by atoms with Crippen molar-refractivity contribution in [2.45, 2.75) is 78.7 Å². The Morgan fingerprint density at radius 1 is 0.838 bits per heavy atom. The summed E-state index contributed by atoms with van der Waals surface area (Å²) in [6.45, 7) is 8.00. The smallest absolute Gasteiger partial charge is 0.251 e. The van der Waals surface area contributed by atoms with E-state index >= 15 is 0 Å². The summed E-state index contributed by atoms with van der Waals surface area (Å²) in [5.74, 6) is 0.0338. The van der Waals surface area contributed by atoms with Crippen molar-refractivity contribution >= 4 is 34.7 Å². The van der Waals surface area contributed by atoms with Crippen molar-refractivity contribution in [3.63, 3.8) is 0 Å². The zero-order chi connectivity index (χ0) is 27.0. The van der Waals surface area contributed by atoms with Gasteiger partial charge in [0, 0.05) is 34.3 Å². The number of hydrogen-bond acceptors (Lipinski definition) is 3. The standard InChI is InChI=1S/C28H29ClN2O2.2C2H6/c29-22-16-17-25(26(19-22)30-23-7-3-1-4-8-23)27(32)18-13-20-11-14-21(15-12-20)28(33)31-24-9-5-2-6-10-24;2*1-2/h1,3-4,7-8,11-12,14-17,19,24,30H,2,5-6,9-10,13,18H2,(H,31,33);2*1-2H3. The van der Waals surface area contributed by atoms with E-state index in [1.807, 2.05) is 82.3 Å². The summed E-state index contributed by atoms with van der Waals surface area (Å²) in [7, 11) is 0. The van der Waals surface area contributed by atoms with E-state index in [0.717, 1.165) is 24.1 Å². The molecule has 37 heavy (non-hydrogen) atoms. The van der Waals surface area contributed by atoms with Crippen LogP contribution in [0.25, 0.3) is 0 Å². The lowest BCUT2D eigenvalue weighted by atomic mass is 9.95. The third kappa shape index (κ3) is 9.70. The van der Waals surface area contributed by atoms with Gasteiger partial charge in [-0.05, 0) is 67.3 Å². The Bertz CT molecular complexity index is 1090. The van der Waals surface area contributed by atoms with Crippen molar-refractivity contribution in [3.05, 3.63) is 94.5 Å². The number of rotatable bonds is 8. The Labute approximate surface area is 227 Å². The molecule has 0 unspecified atom stereocenters. The molecule has 5 heteroatoms. The fraction of sp³-hybridized carbons (Fsp3) is 0.375. The molecule has 3 aromatic carbocycles. The van der Waals surface area contributed by atoms with Crippen molar-refractivity contribution in [2.75, 3.05) is 5.32 Å². The first-order valence-corrected chi connectivity index (χ1v) is 14.0. The highest BCUT2D eigenvalue weighted by Crippen LogP contribution is 2.26. The third-order valence-electron chi connectivity index (χ3n) is 6.13. The first-order chi connectivity index (χ1) is 18.1. The minimum atomic E-state index is -0.0117. The highest BCUT2D eigenvalue weighted by molar-refractivity contribution is 6.31. The normalized spacial score (nSPS) is 12.8. The number of amides is 1. The maximum Gasteiger partial charge on any atom is 0.251 e. The molecule has 0 bridgehead atoms. The Balaban J connectivity index is 0.00000115. The zero-order valence-electron chi connectivity index (χ0n) is 22.6. The van der Waals surface area contributed by atoms with Crippen LogP contribution in [0.4, 0.5) is 11.4 Å². The van der Waals surface area contributed by atoms with E-state index in [-0.39, 0.29) is 11.7 Å². The Morgan fingerprint density at radius 3 is 2.14 bits per heavy atom. The number of halogens is 1. The van der Waals surface area contributed by atoms with Crippen LogP contribution in [0, 0.1) is 0 Å². The van der Waals surface area contributed by atoms with Gasteiger partial charge in [0.05, 0.1) is 5.69 Å². The Hall–Kier alpha value is -3.11. The van der Waals surface area contributed by atoms with Crippen LogP contribution in [-0.4, -0.2) is 17.7 Å². The molecule has 1 fully saturated rings.